The zero-order valence-electron chi connectivity index (χ0n) is 12.0. The van der Waals surface area contributed by atoms with Gasteiger partial charge in [0.05, 0.1) is 19.8 Å². The number of morpholine rings is 1. The summed E-state index contributed by atoms with van der Waals surface area (Å²) in [5.41, 5.74) is 0. The van der Waals surface area contributed by atoms with Crippen LogP contribution in [0.15, 0.2) is 17.5 Å². The first kappa shape index (κ1) is 15.9. The summed E-state index contributed by atoms with van der Waals surface area (Å²) in [6.07, 6.45) is 0.837. The van der Waals surface area contributed by atoms with Gasteiger partial charge in [-0.2, -0.15) is 0 Å². The van der Waals surface area contributed by atoms with Gasteiger partial charge in [-0.15, -0.1) is 11.3 Å². The molecule has 1 saturated heterocycles. The van der Waals surface area contributed by atoms with E-state index in [-0.39, 0.29) is 0 Å². The lowest BCUT2D eigenvalue weighted by molar-refractivity contribution is -0.139. The van der Waals surface area contributed by atoms with Crippen LogP contribution < -0.4 is 10.6 Å². The Morgan fingerprint density at radius 1 is 1.24 bits per heavy atom. The van der Waals surface area contributed by atoms with Crippen molar-refractivity contribution in [3.05, 3.63) is 22.4 Å². The minimum absolute atomic E-state index is 0.400. The van der Waals surface area contributed by atoms with Crippen LogP contribution in [-0.4, -0.2) is 56.1 Å². The molecule has 1 fully saturated rings. The molecule has 0 unspecified atom stereocenters. The van der Waals surface area contributed by atoms with Crippen LogP contribution in [0.2, 0.25) is 0 Å². The summed E-state index contributed by atoms with van der Waals surface area (Å²) in [5, 5.41) is 7.19. The molecule has 2 heterocycles. The average molecular weight is 311 g/mol. The van der Waals surface area contributed by atoms with Gasteiger partial charge in [-0.25, -0.2) is 0 Å². The fourth-order valence-corrected chi connectivity index (χ4v) is 2.72. The monoisotopic (exact) mass is 311 g/mol. The number of carbonyl (C=O) groups is 2. The van der Waals surface area contributed by atoms with Crippen molar-refractivity contribution in [2.75, 3.05) is 39.4 Å². The molecule has 0 aromatic carbocycles. The van der Waals surface area contributed by atoms with Crippen LogP contribution in [0.3, 0.4) is 0 Å². The zero-order chi connectivity index (χ0) is 14.9. The summed E-state index contributed by atoms with van der Waals surface area (Å²) in [7, 11) is 0. The molecule has 1 aromatic rings. The summed E-state index contributed by atoms with van der Waals surface area (Å²) in [5.74, 6) is -1.14. The second kappa shape index (κ2) is 8.76. The molecule has 2 N–H and O–H groups in total. The molecule has 0 spiro atoms. The van der Waals surface area contributed by atoms with Crippen molar-refractivity contribution < 1.29 is 14.3 Å². The Hall–Kier alpha value is -1.44. The van der Waals surface area contributed by atoms with Gasteiger partial charge in [0.15, 0.2) is 0 Å². The van der Waals surface area contributed by atoms with Crippen molar-refractivity contribution in [1.29, 1.82) is 0 Å². The number of hydrogen-bond donors (Lipinski definition) is 2. The van der Waals surface area contributed by atoms with Crippen LogP contribution in [0.25, 0.3) is 0 Å². The molecule has 116 valence electrons. The summed E-state index contributed by atoms with van der Waals surface area (Å²) >= 11 is 1.55. The first-order chi connectivity index (χ1) is 10.3. The number of thiophene rings is 1. The van der Waals surface area contributed by atoms with Gasteiger partial charge in [0.2, 0.25) is 0 Å². The van der Waals surface area contributed by atoms with Crippen LogP contribution in [-0.2, 0) is 20.9 Å². The number of amides is 2. The smallest absolute Gasteiger partial charge is 0.309 e. The van der Waals surface area contributed by atoms with E-state index >= 15 is 0 Å². The normalized spacial score (nSPS) is 15.6. The zero-order valence-corrected chi connectivity index (χ0v) is 12.8. The minimum atomic E-state index is -0.574. The van der Waals surface area contributed by atoms with Gasteiger partial charge < -0.3 is 15.4 Å². The highest BCUT2D eigenvalue weighted by Crippen LogP contribution is 2.07. The predicted molar refractivity (Wildman–Crippen MR) is 81.1 cm³/mol. The first-order valence-corrected chi connectivity index (χ1v) is 8.02. The summed E-state index contributed by atoms with van der Waals surface area (Å²) < 4.78 is 5.27. The number of nitrogens with one attached hydrogen (secondary N) is 2. The molecule has 1 aliphatic heterocycles. The largest absolute Gasteiger partial charge is 0.379 e. The highest BCUT2D eigenvalue weighted by atomic mass is 32.1. The number of ether oxygens (including phenoxy) is 1. The topological polar surface area (TPSA) is 70.7 Å². The van der Waals surface area contributed by atoms with Crippen molar-refractivity contribution in [2.24, 2.45) is 0 Å². The van der Waals surface area contributed by atoms with E-state index in [4.69, 9.17) is 4.74 Å². The number of hydrogen-bond acceptors (Lipinski definition) is 5. The maximum Gasteiger partial charge on any atom is 0.309 e. The third kappa shape index (κ3) is 5.82. The minimum Gasteiger partial charge on any atom is -0.379 e. The van der Waals surface area contributed by atoms with E-state index in [0.29, 0.717) is 13.1 Å². The van der Waals surface area contributed by atoms with E-state index in [1.807, 2.05) is 17.5 Å². The lowest BCUT2D eigenvalue weighted by Crippen LogP contribution is -2.41. The average Bonchev–Trinajstić information content (AvgIpc) is 3.03. The standard InChI is InChI=1S/C14H21N3O3S/c18-13(14(19)16-11-12-3-1-10-21-12)15-4-2-5-17-6-8-20-9-7-17/h1,3,10H,2,4-9,11H2,(H,15,18)(H,16,19). The van der Waals surface area contributed by atoms with E-state index in [1.165, 1.54) is 0 Å². The Morgan fingerprint density at radius 3 is 2.71 bits per heavy atom. The Kier molecular flexibility index (Phi) is 6.65. The summed E-state index contributed by atoms with van der Waals surface area (Å²) in [6.45, 7) is 5.26. The van der Waals surface area contributed by atoms with Crippen molar-refractivity contribution in [3.8, 4) is 0 Å². The fraction of sp³-hybridized carbons (Fsp3) is 0.571. The Bertz CT molecular complexity index is 444. The van der Waals surface area contributed by atoms with Crippen LogP contribution >= 0.6 is 11.3 Å². The van der Waals surface area contributed by atoms with Crippen molar-refractivity contribution in [1.82, 2.24) is 15.5 Å². The molecule has 1 aliphatic rings. The van der Waals surface area contributed by atoms with Crippen molar-refractivity contribution in [2.45, 2.75) is 13.0 Å². The van der Waals surface area contributed by atoms with Gasteiger partial charge in [-0.3, -0.25) is 14.5 Å². The van der Waals surface area contributed by atoms with E-state index in [9.17, 15) is 9.59 Å². The molecule has 6 nitrogen and oxygen atoms in total. The number of nitrogens with zero attached hydrogens (tertiary/aromatic N) is 1. The van der Waals surface area contributed by atoms with Gasteiger partial charge in [-0.05, 0) is 24.4 Å². The van der Waals surface area contributed by atoms with Gasteiger partial charge >= 0.3 is 11.8 Å². The molecule has 7 heteroatoms. The lowest BCUT2D eigenvalue weighted by atomic mass is 10.3. The van der Waals surface area contributed by atoms with E-state index in [2.05, 4.69) is 15.5 Å². The van der Waals surface area contributed by atoms with Gasteiger partial charge in [0, 0.05) is 24.5 Å². The summed E-state index contributed by atoms with van der Waals surface area (Å²) in [6, 6.07) is 3.84. The predicted octanol–water partition coefficient (Wildman–Crippen LogP) is 0.203. The number of rotatable bonds is 6. The third-order valence-corrected chi connectivity index (χ3v) is 4.13. The Labute approximate surface area is 128 Å². The van der Waals surface area contributed by atoms with Gasteiger partial charge in [0.1, 0.15) is 0 Å². The maximum absolute atomic E-state index is 11.6. The van der Waals surface area contributed by atoms with Crippen LogP contribution in [0.5, 0.6) is 0 Å². The van der Waals surface area contributed by atoms with Crippen LogP contribution in [0, 0.1) is 0 Å². The highest BCUT2D eigenvalue weighted by Gasteiger charge is 2.13. The van der Waals surface area contributed by atoms with Gasteiger partial charge in [-0.1, -0.05) is 6.07 Å². The van der Waals surface area contributed by atoms with Crippen LogP contribution in [0.1, 0.15) is 11.3 Å². The fourth-order valence-electron chi connectivity index (χ4n) is 2.07. The first-order valence-electron chi connectivity index (χ1n) is 7.14. The highest BCUT2D eigenvalue weighted by molar-refractivity contribution is 7.09. The molecule has 0 bridgehead atoms. The molecule has 2 rings (SSSR count). The molecular formula is C14H21N3O3S. The lowest BCUT2D eigenvalue weighted by Gasteiger charge is -2.26. The Morgan fingerprint density at radius 2 is 2.00 bits per heavy atom. The van der Waals surface area contributed by atoms with E-state index in [1.54, 1.807) is 11.3 Å². The molecule has 21 heavy (non-hydrogen) atoms. The van der Waals surface area contributed by atoms with Crippen molar-refractivity contribution in [3.63, 3.8) is 0 Å². The molecule has 0 atom stereocenters. The molecule has 0 aliphatic carbocycles. The Balaban J connectivity index is 1.54. The van der Waals surface area contributed by atoms with E-state index < -0.39 is 11.8 Å². The van der Waals surface area contributed by atoms with E-state index in [0.717, 1.165) is 44.1 Å². The van der Waals surface area contributed by atoms with Crippen LogP contribution in [0.4, 0.5) is 0 Å². The number of carbonyl (C=O) groups excluding carboxylic acids is 2. The van der Waals surface area contributed by atoms with Crippen molar-refractivity contribution >= 4 is 23.2 Å². The SMILES string of the molecule is O=C(NCCCN1CCOCC1)C(=O)NCc1cccs1. The quantitative estimate of drug-likeness (QED) is 0.582. The summed E-state index contributed by atoms with van der Waals surface area (Å²) in [4.78, 5) is 26.5. The van der Waals surface area contributed by atoms with Gasteiger partial charge in [0.25, 0.3) is 0 Å². The molecule has 0 saturated carbocycles. The molecular weight excluding hydrogens is 290 g/mol. The third-order valence-electron chi connectivity index (χ3n) is 3.25. The molecule has 0 radical (unpaired) electrons. The molecule has 2 amide bonds. The molecule has 1 aromatic heterocycles. The maximum atomic E-state index is 11.6. The second-order valence-corrected chi connectivity index (χ2v) is 5.86. The second-order valence-electron chi connectivity index (χ2n) is 4.83.